The Hall–Kier alpha value is -3.43. The summed E-state index contributed by atoms with van der Waals surface area (Å²) in [6, 6.07) is 9.11. The maximum Gasteiger partial charge on any atom is 0.325 e. The molecule has 1 atom stereocenters. The zero-order valence-electron chi connectivity index (χ0n) is 17.6. The molecule has 0 radical (unpaired) electrons. The van der Waals surface area contributed by atoms with Gasteiger partial charge < -0.3 is 19.4 Å². The van der Waals surface area contributed by atoms with Gasteiger partial charge in [-0.1, -0.05) is 0 Å². The zero-order valence-corrected chi connectivity index (χ0v) is 17.6. The maximum absolute atomic E-state index is 13.1. The summed E-state index contributed by atoms with van der Waals surface area (Å²) in [7, 11) is 3.77. The van der Waals surface area contributed by atoms with E-state index in [0.29, 0.717) is 44.2 Å². The van der Waals surface area contributed by atoms with Crippen molar-refractivity contribution in [3.05, 3.63) is 42.2 Å². The van der Waals surface area contributed by atoms with E-state index in [0.717, 1.165) is 5.82 Å². The number of anilines is 2. The molecular formula is C21H25FN6O3. The molecule has 10 heteroatoms. The Morgan fingerprint density at radius 2 is 1.90 bits per heavy atom. The largest absolute Gasteiger partial charge is 0.471 e. The minimum Gasteiger partial charge on any atom is -0.471 e. The normalized spacial score (nSPS) is 18.6. The van der Waals surface area contributed by atoms with Crippen molar-refractivity contribution >= 4 is 23.4 Å². The van der Waals surface area contributed by atoms with Gasteiger partial charge in [0.1, 0.15) is 18.5 Å². The highest BCUT2D eigenvalue weighted by atomic mass is 19.1. The first-order valence-corrected chi connectivity index (χ1v) is 10.2. The van der Waals surface area contributed by atoms with Gasteiger partial charge in [-0.15, -0.1) is 10.2 Å². The van der Waals surface area contributed by atoms with Crippen LogP contribution in [0.15, 0.2) is 36.4 Å². The minimum absolute atomic E-state index is 0.0145. The fourth-order valence-corrected chi connectivity index (χ4v) is 3.69. The van der Waals surface area contributed by atoms with Crippen molar-refractivity contribution in [3.8, 4) is 5.88 Å². The molecule has 1 unspecified atom stereocenters. The number of aromatic nitrogens is 2. The number of hydrogen-bond acceptors (Lipinski definition) is 6. The second-order valence-electron chi connectivity index (χ2n) is 7.82. The van der Waals surface area contributed by atoms with Crippen molar-refractivity contribution in [2.24, 2.45) is 0 Å². The van der Waals surface area contributed by atoms with E-state index in [9.17, 15) is 14.0 Å². The van der Waals surface area contributed by atoms with Crippen molar-refractivity contribution in [2.45, 2.75) is 12.5 Å². The van der Waals surface area contributed by atoms with Crippen LogP contribution in [0.2, 0.25) is 0 Å². The predicted molar refractivity (Wildman–Crippen MR) is 113 cm³/mol. The number of carbonyl (C=O) groups excluding carboxylic acids is 2. The molecular weight excluding hydrogens is 403 g/mol. The molecule has 4 rings (SSSR count). The van der Waals surface area contributed by atoms with E-state index in [4.69, 9.17) is 4.74 Å². The van der Waals surface area contributed by atoms with E-state index < -0.39 is 0 Å². The molecule has 0 spiro atoms. The molecule has 2 saturated heterocycles. The molecule has 164 valence electrons. The molecule has 1 aromatic carbocycles. The molecule has 0 bridgehead atoms. The fourth-order valence-electron chi connectivity index (χ4n) is 3.69. The van der Waals surface area contributed by atoms with E-state index in [-0.39, 0.29) is 30.4 Å². The van der Waals surface area contributed by atoms with Gasteiger partial charge in [0, 0.05) is 51.9 Å². The highest BCUT2D eigenvalue weighted by molar-refractivity contribution is 5.96. The summed E-state index contributed by atoms with van der Waals surface area (Å²) in [5, 5.41) is 8.16. The average molecular weight is 428 g/mol. The summed E-state index contributed by atoms with van der Waals surface area (Å²) in [5.41, 5.74) is 0.623. The second kappa shape index (κ2) is 8.75. The van der Waals surface area contributed by atoms with Crippen molar-refractivity contribution in [2.75, 3.05) is 56.6 Å². The van der Waals surface area contributed by atoms with Gasteiger partial charge in [0.15, 0.2) is 5.82 Å². The first-order valence-electron chi connectivity index (χ1n) is 10.2. The lowest BCUT2D eigenvalue weighted by Gasteiger charge is -2.22. The predicted octanol–water partition coefficient (Wildman–Crippen LogP) is 1.60. The number of urea groups is 1. The molecule has 0 saturated carbocycles. The van der Waals surface area contributed by atoms with Crippen LogP contribution >= 0.6 is 0 Å². The number of hydrogen-bond donors (Lipinski definition) is 0. The number of likely N-dealkylation sites (tertiary alicyclic amines) is 1. The Balaban J connectivity index is 1.28. The van der Waals surface area contributed by atoms with Crippen molar-refractivity contribution in [1.82, 2.24) is 20.0 Å². The number of amides is 3. The van der Waals surface area contributed by atoms with Gasteiger partial charge in [-0.05, 0) is 30.3 Å². The molecule has 0 aliphatic carbocycles. The Kier molecular flexibility index (Phi) is 5.88. The Labute approximate surface area is 180 Å². The molecule has 3 heterocycles. The van der Waals surface area contributed by atoms with Gasteiger partial charge in [0.25, 0.3) is 0 Å². The van der Waals surface area contributed by atoms with E-state index >= 15 is 0 Å². The topological polar surface area (TPSA) is 82.1 Å². The lowest BCUT2D eigenvalue weighted by molar-refractivity contribution is -0.130. The number of rotatable bonds is 6. The molecule has 2 aliphatic rings. The van der Waals surface area contributed by atoms with Gasteiger partial charge >= 0.3 is 6.03 Å². The van der Waals surface area contributed by atoms with Crippen LogP contribution in [0.4, 0.5) is 20.7 Å². The fraction of sp³-hybridized carbons (Fsp3) is 0.429. The molecule has 2 aliphatic heterocycles. The van der Waals surface area contributed by atoms with Gasteiger partial charge in [-0.2, -0.15) is 0 Å². The van der Waals surface area contributed by atoms with Gasteiger partial charge in [-0.25, -0.2) is 9.18 Å². The van der Waals surface area contributed by atoms with E-state index in [2.05, 4.69) is 10.2 Å². The van der Waals surface area contributed by atoms with E-state index in [1.165, 1.54) is 17.0 Å². The van der Waals surface area contributed by atoms with Crippen LogP contribution in [0.3, 0.4) is 0 Å². The molecule has 31 heavy (non-hydrogen) atoms. The number of ether oxygens (including phenoxy) is 1. The van der Waals surface area contributed by atoms with Crippen LogP contribution in [0.25, 0.3) is 0 Å². The van der Waals surface area contributed by atoms with Crippen molar-refractivity contribution in [1.29, 1.82) is 0 Å². The average Bonchev–Trinajstić information content (AvgIpc) is 3.36. The van der Waals surface area contributed by atoms with Gasteiger partial charge in [0.05, 0.1) is 6.54 Å². The minimum atomic E-state index is -0.354. The first kappa shape index (κ1) is 20.8. The highest BCUT2D eigenvalue weighted by Gasteiger charge is 2.34. The third kappa shape index (κ3) is 4.68. The Bertz CT molecular complexity index is 937. The summed E-state index contributed by atoms with van der Waals surface area (Å²) in [6.07, 6.45) is 0.534. The number of nitrogens with zero attached hydrogens (tertiary/aromatic N) is 6. The molecule has 2 fully saturated rings. The van der Waals surface area contributed by atoms with Crippen LogP contribution in [0, 0.1) is 5.82 Å². The Morgan fingerprint density at radius 3 is 2.58 bits per heavy atom. The summed E-state index contributed by atoms with van der Waals surface area (Å²) in [4.78, 5) is 32.0. The summed E-state index contributed by atoms with van der Waals surface area (Å²) >= 11 is 0. The van der Waals surface area contributed by atoms with Crippen LogP contribution in [0.1, 0.15) is 6.42 Å². The molecule has 1 aromatic heterocycles. The second-order valence-corrected chi connectivity index (χ2v) is 7.82. The maximum atomic E-state index is 13.1. The summed E-state index contributed by atoms with van der Waals surface area (Å²) in [6.45, 7) is 1.94. The molecule has 2 aromatic rings. The van der Waals surface area contributed by atoms with Gasteiger partial charge in [-0.3, -0.25) is 9.69 Å². The lowest BCUT2D eigenvalue weighted by atomic mass is 10.3. The zero-order chi connectivity index (χ0) is 22.0. The standard InChI is InChI=1S/C21H25FN6O3/c1-25(2)18-7-8-19(24-23-18)31-17-9-10-26(13-17)20(29)14-27-11-12-28(21(27)30)16-5-3-15(22)4-6-16/h3-8,17H,9-14H2,1-2H3. The molecule has 9 nitrogen and oxygen atoms in total. The SMILES string of the molecule is CN(C)c1ccc(OC2CCN(C(=O)CN3CCN(c4ccc(F)cc4)C3=O)C2)nn1. The summed E-state index contributed by atoms with van der Waals surface area (Å²) < 4.78 is 19.0. The van der Waals surface area contributed by atoms with Gasteiger partial charge in [0.2, 0.25) is 11.8 Å². The van der Waals surface area contributed by atoms with Crippen molar-refractivity contribution < 1.29 is 18.7 Å². The summed E-state index contributed by atoms with van der Waals surface area (Å²) in [5.74, 6) is 0.692. The van der Waals surface area contributed by atoms with Crippen LogP contribution < -0.4 is 14.5 Å². The molecule has 0 N–H and O–H groups in total. The smallest absolute Gasteiger partial charge is 0.325 e. The number of benzene rings is 1. The first-order chi connectivity index (χ1) is 14.9. The quantitative estimate of drug-likeness (QED) is 0.695. The van der Waals surface area contributed by atoms with Crippen LogP contribution in [0.5, 0.6) is 5.88 Å². The Morgan fingerprint density at radius 1 is 1.13 bits per heavy atom. The molecule has 3 amide bonds. The van der Waals surface area contributed by atoms with E-state index in [1.54, 1.807) is 28.0 Å². The number of carbonyl (C=O) groups is 2. The lowest BCUT2D eigenvalue weighted by Crippen LogP contribution is -2.42. The monoisotopic (exact) mass is 428 g/mol. The van der Waals surface area contributed by atoms with Crippen molar-refractivity contribution in [3.63, 3.8) is 0 Å². The third-order valence-electron chi connectivity index (χ3n) is 5.43. The highest BCUT2D eigenvalue weighted by Crippen LogP contribution is 2.22. The van der Waals surface area contributed by atoms with Crippen LogP contribution in [-0.4, -0.2) is 84.9 Å². The third-order valence-corrected chi connectivity index (χ3v) is 5.43. The van der Waals surface area contributed by atoms with E-state index in [1.807, 2.05) is 25.1 Å². The number of halogens is 1. The van der Waals surface area contributed by atoms with Crippen LogP contribution in [-0.2, 0) is 4.79 Å².